The zero-order chi connectivity index (χ0) is 19.5. The normalized spacial score (nSPS) is 17.8. The average molecular weight is 470 g/mol. The summed E-state index contributed by atoms with van der Waals surface area (Å²) in [5.41, 5.74) is 0. The monoisotopic (exact) mass is 469 g/mol. The van der Waals surface area contributed by atoms with Gasteiger partial charge in [-0.15, -0.1) is 23.5 Å². The van der Waals surface area contributed by atoms with E-state index in [-0.39, 0.29) is 0 Å². The van der Waals surface area contributed by atoms with Gasteiger partial charge >= 0.3 is 0 Å². The van der Waals surface area contributed by atoms with Crippen LogP contribution in [0.1, 0.15) is 6.42 Å². The van der Waals surface area contributed by atoms with E-state index in [1.54, 1.807) is 8.47 Å². The second-order valence-electron chi connectivity index (χ2n) is 6.90. The van der Waals surface area contributed by atoms with Crippen molar-refractivity contribution in [2.24, 2.45) is 0 Å². The highest BCUT2D eigenvalue weighted by molar-refractivity contribution is 8.43. The molecule has 0 aliphatic carbocycles. The molecule has 146 valence electrons. The van der Waals surface area contributed by atoms with Crippen molar-refractivity contribution >= 4 is 70.2 Å². The molecule has 3 aromatic carbocycles. The summed E-state index contributed by atoms with van der Waals surface area (Å²) in [5.74, 6) is 2.50. The summed E-state index contributed by atoms with van der Waals surface area (Å²) in [7, 11) is -1.83. The van der Waals surface area contributed by atoms with Gasteiger partial charge in [-0.3, -0.25) is 0 Å². The summed E-state index contributed by atoms with van der Waals surface area (Å²) in [6.07, 6.45) is 1.31. The molecule has 0 fully saturated rings. The van der Waals surface area contributed by atoms with Gasteiger partial charge in [0.05, 0.1) is 8.47 Å². The molecule has 29 heavy (non-hydrogen) atoms. The van der Waals surface area contributed by atoms with E-state index >= 15 is 0 Å². The first-order valence-corrected chi connectivity index (χ1v) is 15.4. The van der Waals surface area contributed by atoms with Gasteiger partial charge in [0.15, 0.2) is 4.32 Å². The van der Waals surface area contributed by atoms with Crippen molar-refractivity contribution in [3.05, 3.63) is 99.5 Å². The van der Waals surface area contributed by atoms with E-state index in [4.69, 9.17) is 0 Å². The van der Waals surface area contributed by atoms with Gasteiger partial charge in [0.25, 0.3) is 0 Å². The number of hydrogen-bond donors (Lipinski definition) is 0. The van der Waals surface area contributed by atoms with E-state index < -0.39 is 7.26 Å². The number of rotatable bonds is 4. The van der Waals surface area contributed by atoms with Gasteiger partial charge < -0.3 is 0 Å². The Kier molecular flexibility index (Phi) is 6.36. The molecule has 0 bridgehead atoms. The minimum atomic E-state index is -1.83. The summed E-state index contributed by atoms with van der Waals surface area (Å²) in [6.45, 7) is 0. The maximum absolute atomic E-state index is 2.36. The first kappa shape index (κ1) is 20.2. The number of benzene rings is 3. The summed E-state index contributed by atoms with van der Waals surface area (Å²) in [5, 5.41) is 4.44. The van der Waals surface area contributed by atoms with Crippen LogP contribution in [0.4, 0.5) is 0 Å². The van der Waals surface area contributed by atoms with E-state index in [0.29, 0.717) is 4.32 Å². The van der Waals surface area contributed by atoms with E-state index in [0.717, 1.165) is 0 Å². The zero-order valence-corrected chi connectivity index (χ0v) is 20.1. The SMILES string of the molecule is c1ccc([P+](c2ccccc2)(c2ccccc2)C2SC3=C(SCCCS3)S2)cc1. The Hall–Kier alpha value is -0.770. The third-order valence-corrected chi connectivity index (χ3v) is 17.2. The van der Waals surface area contributed by atoms with Crippen molar-refractivity contribution in [1.82, 2.24) is 0 Å². The highest BCUT2D eigenvalue weighted by Gasteiger charge is 2.56. The summed E-state index contributed by atoms with van der Waals surface area (Å²) in [4.78, 5) is 0. The lowest BCUT2D eigenvalue weighted by atomic mass is 10.4. The molecular weight excluding hydrogens is 448 g/mol. The molecule has 5 heteroatoms. The summed E-state index contributed by atoms with van der Waals surface area (Å²) >= 11 is 8.42. The molecule has 0 spiro atoms. The molecular formula is C24H22PS4+. The lowest BCUT2D eigenvalue weighted by Crippen LogP contribution is -2.35. The Morgan fingerprint density at radius 1 is 0.552 bits per heavy atom. The molecule has 0 radical (unpaired) electrons. The Morgan fingerprint density at radius 3 is 1.31 bits per heavy atom. The van der Waals surface area contributed by atoms with Gasteiger partial charge in [-0.2, -0.15) is 0 Å². The van der Waals surface area contributed by atoms with Crippen LogP contribution in [0.5, 0.6) is 0 Å². The van der Waals surface area contributed by atoms with Crippen molar-refractivity contribution in [1.29, 1.82) is 0 Å². The fourth-order valence-electron chi connectivity index (χ4n) is 3.84. The van der Waals surface area contributed by atoms with Crippen LogP contribution in [0.25, 0.3) is 0 Å². The van der Waals surface area contributed by atoms with Crippen LogP contribution in [0.2, 0.25) is 0 Å². The van der Waals surface area contributed by atoms with Crippen LogP contribution in [-0.2, 0) is 0 Å². The molecule has 0 atom stereocenters. The van der Waals surface area contributed by atoms with Crippen molar-refractivity contribution in [2.75, 3.05) is 11.5 Å². The van der Waals surface area contributed by atoms with E-state index in [9.17, 15) is 0 Å². The second kappa shape index (κ2) is 9.16. The standard InChI is InChI=1S/C24H22PS4/c1-4-11-19(12-5-1)25(20-13-6-2-7-14-20,21-15-8-3-9-16-21)24-28-22-23(29-24)27-18-10-17-26-22/h1-9,11-16,24H,10,17-18H2/q+1. The third kappa shape index (κ3) is 3.83. The highest BCUT2D eigenvalue weighted by Crippen LogP contribution is 2.74. The maximum atomic E-state index is 2.36. The fraction of sp³-hybridized carbons (Fsp3) is 0.167. The first-order chi connectivity index (χ1) is 14.4. The van der Waals surface area contributed by atoms with Crippen molar-refractivity contribution in [2.45, 2.75) is 10.7 Å². The molecule has 3 aromatic rings. The molecule has 0 saturated heterocycles. The lowest BCUT2D eigenvalue weighted by molar-refractivity contribution is 1.13. The Bertz CT molecular complexity index is 874. The van der Waals surface area contributed by atoms with Crippen LogP contribution in [-0.4, -0.2) is 15.8 Å². The van der Waals surface area contributed by atoms with Crippen LogP contribution in [0.15, 0.2) is 99.5 Å². The van der Waals surface area contributed by atoms with E-state index in [2.05, 4.69) is 138 Å². The van der Waals surface area contributed by atoms with E-state index in [1.807, 2.05) is 0 Å². The third-order valence-electron chi connectivity index (χ3n) is 5.14. The number of thioether (sulfide) groups is 4. The van der Waals surface area contributed by atoms with Gasteiger partial charge in [-0.05, 0) is 54.3 Å². The molecule has 0 nitrogen and oxygen atoms in total. The Morgan fingerprint density at radius 2 is 0.931 bits per heavy atom. The average Bonchev–Trinajstić information content (AvgIpc) is 3.07. The van der Waals surface area contributed by atoms with Gasteiger partial charge in [-0.1, -0.05) is 78.1 Å². The van der Waals surface area contributed by atoms with Gasteiger partial charge in [0.1, 0.15) is 23.2 Å². The predicted octanol–water partition coefficient (Wildman–Crippen LogP) is 6.74. The smallest absolute Gasteiger partial charge is 0.117 e. The van der Waals surface area contributed by atoms with Crippen LogP contribution in [0, 0.1) is 0 Å². The van der Waals surface area contributed by atoms with Gasteiger partial charge in [-0.25, -0.2) is 0 Å². The van der Waals surface area contributed by atoms with Gasteiger partial charge in [0.2, 0.25) is 0 Å². The molecule has 0 N–H and O–H groups in total. The fourth-order valence-corrected chi connectivity index (χ4v) is 17.9. The molecule has 0 unspecified atom stereocenters. The minimum Gasteiger partial charge on any atom is -0.117 e. The predicted molar refractivity (Wildman–Crippen MR) is 141 cm³/mol. The largest absolute Gasteiger partial charge is 0.184 e. The Labute approximate surface area is 191 Å². The number of hydrogen-bond acceptors (Lipinski definition) is 4. The molecule has 2 aliphatic rings. The molecule has 5 rings (SSSR count). The van der Waals surface area contributed by atoms with Gasteiger partial charge in [0, 0.05) is 0 Å². The molecule has 0 amide bonds. The minimum absolute atomic E-state index is 0.484. The molecule has 0 saturated carbocycles. The molecule has 2 heterocycles. The first-order valence-electron chi connectivity index (χ1n) is 9.78. The topological polar surface area (TPSA) is 0 Å². The van der Waals surface area contributed by atoms with Crippen LogP contribution < -0.4 is 15.9 Å². The highest BCUT2D eigenvalue weighted by atomic mass is 32.3. The lowest BCUT2D eigenvalue weighted by Gasteiger charge is -2.31. The summed E-state index contributed by atoms with van der Waals surface area (Å²) < 4.78 is 3.61. The Balaban J connectivity index is 1.71. The van der Waals surface area contributed by atoms with Crippen molar-refractivity contribution in [3.8, 4) is 0 Å². The summed E-state index contributed by atoms with van der Waals surface area (Å²) in [6, 6.07) is 33.8. The van der Waals surface area contributed by atoms with Crippen LogP contribution >= 0.6 is 54.3 Å². The maximum Gasteiger partial charge on any atom is 0.184 e. The van der Waals surface area contributed by atoms with E-state index in [1.165, 1.54) is 33.8 Å². The van der Waals surface area contributed by atoms with Crippen molar-refractivity contribution in [3.63, 3.8) is 0 Å². The second-order valence-corrected chi connectivity index (χ2v) is 16.4. The zero-order valence-electron chi connectivity index (χ0n) is 15.9. The molecule has 0 aromatic heterocycles. The van der Waals surface area contributed by atoms with Crippen LogP contribution in [0.3, 0.4) is 0 Å². The molecule has 2 aliphatic heterocycles. The van der Waals surface area contributed by atoms with Crippen molar-refractivity contribution < 1.29 is 0 Å². The quantitative estimate of drug-likeness (QED) is 0.388.